The summed E-state index contributed by atoms with van der Waals surface area (Å²) < 4.78 is 7.03. The number of carbonyl (C=O) groups excluding carboxylic acids is 4. The van der Waals surface area contributed by atoms with E-state index in [9.17, 15) is 24.3 Å². The Morgan fingerprint density at radius 2 is 1.60 bits per heavy atom. The molecule has 17 heteroatoms. The van der Waals surface area contributed by atoms with E-state index in [1.165, 1.54) is 23.3 Å². The number of likely N-dealkylation sites (tertiary alicyclic amines) is 1. The summed E-state index contributed by atoms with van der Waals surface area (Å²) in [6, 6.07) is 16.6. The second kappa shape index (κ2) is 18.2. The van der Waals surface area contributed by atoms with Crippen LogP contribution < -0.4 is 10.6 Å². The fraction of sp³-hybridized carbons (Fsp3) is 0.375. The van der Waals surface area contributed by atoms with E-state index in [1.807, 2.05) is 106 Å². The molecular formula is C48H52N8O6S3. The third-order valence-corrected chi connectivity index (χ3v) is 15.4. The number of aryl methyl sites for hydroxylation is 3. The smallest absolute Gasteiger partial charge is 0.308 e. The first-order chi connectivity index (χ1) is 30.9. The number of carbonyl (C=O) groups is 4. The molecule has 3 amide bonds. The summed E-state index contributed by atoms with van der Waals surface area (Å²) in [5, 5.41) is 26.5. The summed E-state index contributed by atoms with van der Waals surface area (Å²) in [5.74, 6) is -0.340. The molecule has 14 nitrogen and oxygen atoms in total. The summed E-state index contributed by atoms with van der Waals surface area (Å²) >= 11 is 4.51. The van der Waals surface area contributed by atoms with Gasteiger partial charge in [0.05, 0.1) is 52.3 Å². The van der Waals surface area contributed by atoms with Gasteiger partial charge in [-0.05, 0) is 74.4 Å². The van der Waals surface area contributed by atoms with Gasteiger partial charge in [-0.2, -0.15) is 0 Å². The summed E-state index contributed by atoms with van der Waals surface area (Å²) in [6.45, 7) is 15.5. The average molecular weight is 933 g/mol. The van der Waals surface area contributed by atoms with Gasteiger partial charge >= 0.3 is 5.97 Å². The number of esters is 1. The van der Waals surface area contributed by atoms with E-state index in [0.29, 0.717) is 16.5 Å². The van der Waals surface area contributed by atoms with Gasteiger partial charge in [0.2, 0.25) is 11.8 Å². The zero-order valence-corrected chi connectivity index (χ0v) is 40.2. The van der Waals surface area contributed by atoms with Gasteiger partial charge < -0.3 is 25.4 Å². The van der Waals surface area contributed by atoms with Crippen LogP contribution in [0.1, 0.15) is 107 Å². The summed E-state index contributed by atoms with van der Waals surface area (Å²) in [6.07, 6.45) is -0.801. The first kappa shape index (κ1) is 45.7. The number of thiophene rings is 2. The molecule has 0 aliphatic carbocycles. The SMILES string of the molecule is COC(=O)C[C@@H]1N=C(c2ccc(-c3ccc(C(=O)N[C@H](C(=O)N4C[C@H](O)C[C@H]4C(=O)N[C@@H](C)c4ccc(-c5scnc5C)cc4)C(C)(C)C)s3)cc2)c2c(sc(C)c2C)-n2c(C)nnc21. The first-order valence-electron chi connectivity index (χ1n) is 21.4. The van der Waals surface area contributed by atoms with Crippen LogP contribution in [-0.4, -0.2) is 91.0 Å². The zero-order valence-electron chi connectivity index (χ0n) is 37.8. The number of aliphatic hydroxyl groups excluding tert-OH is 1. The molecule has 1 fully saturated rings. The lowest BCUT2D eigenvalue weighted by molar-refractivity contribution is -0.142. The number of ether oxygens (including phenoxy) is 1. The van der Waals surface area contributed by atoms with E-state index in [1.54, 1.807) is 28.7 Å². The van der Waals surface area contributed by atoms with Crippen molar-refractivity contribution in [1.82, 2.24) is 35.3 Å². The fourth-order valence-electron chi connectivity index (χ4n) is 8.39. The van der Waals surface area contributed by atoms with Crippen molar-refractivity contribution in [3.05, 3.63) is 116 Å². The van der Waals surface area contributed by atoms with Crippen molar-refractivity contribution in [2.24, 2.45) is 10.4 Å². The predicted molar refractivity (Wildman–Crippen MR) is 254 cm³/mol. The fourth-order valence-corrected chi connectivity index (χ4v) is 11.3. The molecule has 2 aliphatic heterocycles. The molecule has 3 N–H and O–H groups in total. The number of aliphatic imine (C=N–C) groups is 1. The molecule has 5 atom stereocenters. The number of fused-ring (bicyclic) bond motifs is 3. The lowest BCUT2D eigenvalue weighted by Crippen LogP contribution is -2.57. The minimum atomic E-state index is -0.991. The lowest BCUT2D eigenvalue weighted by atomic mass is 9.85. The van der Waals surface area contributed by atoms with Gasteiger partial charge in [-0.15, -0.1) is 44.2 Å². The van der Waals surface area contributed by atoms with Crippen molar-refractivity contribution < 1.29 is 29.0 Å². The van der Waals surface area contributed by atoms with Gasteiger partial charge in [-0.25, -0.2) is 4.98 Å². The van der Waals surface area contributed by atoms with Gasteiger partial charge in [0.25, 0.3) is 5.91 Å². The standard InChI is InChI=1S/C48H52N8O6S3/c1-24-27(4)64-47-39(24)40(51-34(21-38(58)62-9)43-54-53-28(5)56(43)47)31-14-12-30(13-15-31)36-18-19-37(65-36)45(60)52-42(48(6,7)8)46(61)55-22-33(57)20-35(55)44(59)50-25(2)29-10-16-32(17-11-29)41-26(3)49-23-63-41/h10-19,23,25,33-35,42,57H,20-22H2,1-9H3,(H,50,59)(H,52,60)/t25-,33+,34-,35-,42+/m0/s1. The van der Waals surface area contributed by atoms with E-state index in [2.05, 4.69) is 39.7 Å². The molecule has 0 unspecified atom stereocenters. The molecule has 1 saturated heterocycles. The number of benzene rings is 2. The Labute approximate surface area is 389 Å². The first-order valence-corrected chi connectivity index (χ1v) is 23.9. The number of nitrogens with one attached hydrogen (secondary N) is 2. The Balaban J connectivity index is 0.978. The Morgan fingerprint density at radius 1 is 0.908 bits per heavy atom. The van der Waals surface area contributed by atoms with Gasteiger partial charge in [0.15, 0.2) is 5.82 Å². The Morgan fingerprint density at radius 3 is 2.26 bits per heavy atom. The number of hydrogen-bond acceptors (Lipinski definition) is 13. The minimum Gasteiger partial charge on any atom is -0.469 e. The van der Waals surface area contributed by atoms with Crippen LogP contribution in [0.15, 0.2) is 71.2 Å². The number of nitrogens with zero attached hydrogens (tertiary/aromatic N) is 6. The van der Waals surface area contributed by atoms with E-state index < -0.39 is 47.4 Å². The highest BCUT2D eigenvalue weighted by Crippen LogP contribution is 2.40. The molecule has 8 rings (SSSR count). The predicted octanol–water partition coefficient (Wildman–Crippen LogP) is 7.85. The highest BCUT2D eigenvalue weighted by Gasteiger charge is 2.45. The maximum atomic E-state index is 14.4. The van der Waals surface area contributed by atoms with Crippen molar-refractivity contribution in [3.63, 3.8) is 0 Å². The van der Waals surface area contributed by atoms with Gasteiger partial charge in [0.1, 0.15) is 29.0 Å². The number of aliphatic hydroxyl groups is 1. The van der Waals surface area contributed by atoms with Crippen LogP contribution in [0.5, 0.6) is 0 Å². The van der Waals surface area contributed by atoms with Crippen molar-refractivity contribution in [1.29, 1.82) is 0 Å². The number of aromatic nitrogens is 4. The molecular weight excluding hydrogens is 881 g/mol. The zero-order chi connectivity index (χ0) is 46.5. The molecule has 65 heavy (non-hydrogen) atoms. The van der Waals surface area contributed by atoms with Crippen molar-refractivity contribution >= 4 is 63.4 Å². The monoisotopic (exact) mass is 932 g/mol. The van der Waals surface area contributed by atoms with E-state index in [4.69, 9.17) is 9.73 Å². The Hall–Kier alpha value is -5.88. The number of hydrogen-bond donors (Lipinski definition) is 3. The van der Waals surface area contributed by atoms with E-state index >= 15 is 0 Å². The molecule has 0 bridgehead atoms. The number of β-amino-alcohol motifs (C(OH)–C–C–N with tert-alkyl or cyclic N) is 1. The molecule has 0 spiro atoms. The quantitative estimate of drug-likeness (QED) is 0.109. The number of methoxy groups -OCH3 is 1. The Bertz CT molecular complexity index is 2810. The molecule has 6 aromatic rings. The third-order valence-electron chi connectivity index (χ3n) is 12.1. The van der Waals surface area contributed by atoms with Gasteiger partial charge in [-0.3, -0.25) is 28.7 Å². The summed E-state index contributed by atoms with van der Waals surface area (Å²) in [4.78, 5) is 69.2. The van der Waals surface area contributed by atoms with Crippen molar-refractivity contribution in [2.45, 2.75) is 98.5 Å². The molecule has 338 valence electrons. The number of rotatable bonds is 11. The van der Waals surface area contributed by atoms with Gasteiger partial charge in [-0.1, -0.05) is 69.3 Å². The summed E-state index contributed by atoms with van der Waals surface area (Å²) in [5.41, 5.74) is 8.52. The maximum absolute atomic E-state index is 14.4. The van der Waals surface area contributed by atoms with Crippen LogP contribution in [-0.2, 0) is 19.1 Å². The van der Waals surface area contributed by atoms with Crippen LogP contribution in [0, 0.1) is 33.1 Å². The van der Waals surface area contributed by atoms with Crippen LogP contribution in [0.25, 0.3) is 25.9 Å². The van der Waals surface area contributed by atoms with Crippen molar-refractivity contribution in [3.8, 4) is 25.9 Å². The highest BCUT2D eigenvalue weighted by atomic mass is 32.1. The largest absolute Gasteiger partial charge is 0.469 e. The Kier molecular flexibility index (Phi) is 12.8. The number of thiazole rings is 1. The van der Waals surface area contributed by atoms with Crippen LogP contribution >= 0.6 is 34.0 Å². The number of amides is 3. The third kappa shape index (κ3) is 9.06. The van der Waals surface area contributed by atoms with Crippen LogP contribution in [0.4, 0.5) is 0 Å². The van der Waals surface area contributed by atoms with E-state index in [-0.39, 0.29) is 31.3 Å². The van der Waals surface area contributed by atoms with Crippen LogP contribution in [0.2, 0.25) is 0 Å². The molecule has 0 radical (unpaired) electrons. The van der Waals surface area contributed by atoms with Gasteiger partial charge in [0, 0.05) is 33.8 Å². The lowest BCUT2D eigenvalue weighted by Gasteiger charge is -2.35. The average Bonchev–Trinajstić information content (AvgIpc) is 4.12. The molecule has 0 saturated carbocycles. The van der Waals surface area contributed by atoms with E-state index in [0.717, 1.165) is 64.4 Å². The second-order valence-corrected chi connectivity index (χ2v) is 20.8. The highest BCUT2D eigenvalue weighted by molar-refractivity contribution is 7.17. The molecule has 6 heterocycles. The van der Waals surface area contributed by atoms with Crippen molar-refractivity contribution in [2.75, 3.05) is 13.7 Å². The maximum Gasteiger partial charge on any atom is 0.308 e. The summed E-state index contributed by atoms with van der Waals surface area (Å²) in [7, 11) is 1.36. The topological polar surface area (TPSA) is 181 Å². The minimum absolute atomic E-state index is 0.00490. The van der Waals surface area contributed by atoms with Crippen LogP contribution in [0.3, 0.4) is 0 Å². The molecule has 4 aromatic heterocycles. The second-order valence-electron chi connectivity index (χ2n) is 17.7. The molecule has 2 aliphatic rings. The molecule has 2 aromatic carbocycles. The normalized spacial score (nSPS) is 18.0.